The maximum absolute atomic E-state index is 12.8. The largest absolute Gasteiger partial charge is 0.347 e. The molecule has 1 saturated heterocycles. The van der Waals surface area contributed by atoms with Crippen molar-refractivity contribution in [3.63, 3.8) is 0 Å². The predicted molar refractivity (Wildman–Crippen MR) is 111 cm³/mol. The van der Waals surface area contributed by atoms with Gasteiger partial charge in [-0.05, 0) is 16.3 Å². The van der Waals surface area contributed by atoms with E-state index in [-0.39, 0.29) is 30.8 Å². The lowest BCUT2D eigenvalue weighted by Crippen LogP contribution is -2.52. The molecule has 0 aliphatic carbocycles. The minimum atomic E-state index is -0.154. The second kappa shape index (κ2) is 8.45. The number of carbonyl (C=O) groups excluding carboxylic acids is 2. The van der Waals surface area contributed by atoms with E-state index in [1.54, 1.807) is 11.1 Å². The summed E-state index contributed by atoms with van der Waals surface area (Å²) in [5.74, 6) is 0.594. The number of hydrogen-bond acceptors (Lipinski definition) is 4. The van der Waals surface area contributed by atoms with Crippen LogP contribution in [0.5, 0.6) is 0 Å². The van der Waals surface area contributed by atoms with Gasteiger partial charge in [0.1, 0.15) is 11.9 Å². The van der Waals surface area contributed by atoms with Crippen molar-refractivity contribution < 1.29 is 9.59 Å². The van der Waals surface area contributed by atoms with Crippen LogP contribution in [0.15, 0.2) is 54.9 Å². The highest BCUT2D eigenvalue weighted by Gasteiger charge is 2.30. The van der Waals surface area contributed by atoms with Crippen LogP contribution in [-0.2, 0) is 23.1 Å². The van der Waals surface area contributed by atoms with Gasteiger partial charge in [-0.3, -0.25) is 9.59 Å². The number of amides is 2. The average Bonchev–Trinajstić information content (AvgIpc) is 3.18. The Morgan fingerprint density at radius 1 is 1.21 bits per heavy atom. The van der Waals surface area contributed by atoms with Crippen molar-refractivity contribution in [3.8, 4) is 0 Å². The number of benzene rings is 2. The van der Waals surface area contributed by atoms with E-state index in [9.17, 15) is 9.59 Å². The van der Waals surface area contributed by atoms with E-state index in [4.69, 9.17) is 0 Å². The summed E-state index contributed by atoms with van der Waals surface area (Å²) in [4.78, 5) is 31.5. The van der Waals surface area contributed by atoms with Crippen LogP contribution in [0.4, 0.5) is 0 Å². The van der Waals surface area contributed by atoms with Gasteiger partial charge in [-0.25, -0.2) is 4.98 Å². The first-order chi connectivity index (χ1) is 14.1. The van der Waals surface area contributed by atoms with Crippen molar-refractivity contribution >= 4 is 22.6 Å². The van der Waals surface area contributed by atoms with Crippen LogP contribution in [0.3, 0.4) is 0 Å². The molecule has 3 aromatic rings. The van der Waals surface area contributed by atoms with Crippen LogP contribution in [0, 0.1) is 0 Å². The minimum absolute atomic E-state index is 0.00940. The highest BCUT2D eigenvalue weighted by molar-refractivity contribution is 5.91. The van der Waals surface area contributed by atoms with Crippen molar-refractivity contribution in [3.05, 3.63) is 66.2 Å². The molecule has 7 nitrogen and oxygen atoms in total. The zero-order valence-electron chi connectivity index (χ0n) is 16.5. The summed E-state index contributed by atoms with van der Waals surface area (Å²) in [5, 5.41) is 8.28. The Labute approximate surface area is 169 Å². The van der Waals surface area contributed by atoms with Crippen molar-refractivity contribution in [1.29, 1.82) is 0 Å². The molecular weight excluding hydrogens is 366 g/mol. The summed E-state index contributed by atoms with van der Waals surface area (Å²) < 4.78 is 1.93. The third kappa shape index (κ3) is 4.14. The number of aromatic nitrogens is 2. The van der Waals surface area contributed by atoms with Crippen LogP contribution in [0.25, 0.3) is 10.8 Å². The SMILES string of the molecule is Cn1ccnc1C1CNCCN1C(=O)CNC(=O)Cc1cccc2ccccc12. The number of fused-ring (bicyclic) bond motifs is 1. The van der Waals surface area contributed by atoms with E-state index in [0.29, 0.717) is 13.1 Å². The van der Waals surface area contributed by atoms with E-state index in [0.717, 1.165) is 28.7 Å². The summed E-state index contributed by atoms with van der Waals surface area (Å²) >= 11 is 0. The predicted octanol–water partition coefficient (Wildman–Crippen LogP) is 1.41. The van der Waals surface area contributed by atoms with Crippen LogP contribution in [-0.4, -0.2) is 52.4 Å². The topological polar surface area (TPSA) is 79.3 Å². The Balaban J connectivity index is 1.39. The van der Waals surface area contributed by atoms with Gasteiger partial charge in [0.15, 0.2) is 0 Å². The van der Waals surface area contributed by atoms with Gasteiger partial charge in [0, 0.05) is 39.1 Å². The molecule has 1 aromatic heterocycles. The summed E-state index contributed by atoms with van der Waals surface area (Å²) in [6.45, 7) is 1.97. The molecule has 0 radical (unpaired) electrons. The van der Waals surface area contributed by atoms with Crippen LogP contribution >= 0.6 is 0 Å². The summed E-state index contributed by atoms with van der Waals surface area (Å²) in [6.07, 6.45) is 3.86. The van der Waals surface area contributed by atoms with E-state index in [1.807, 2.05) is 60.3 Å². The van der Waals surface area contributed by atoms with Crippen molar-refractivity contribution in [1.82, 2.24) is 25.1 Å². The van der Waals surface area contributed by atoms with Crippen LogP contribution in [0.1, 0.15) is 17.4 Å². The Morgan fingerprint density at radius 2 is 2.03 bits per heavy atom. The fraction of sp³-hybridized carbons (Fsp3) is 0.318. The fourth-order valence-corrected chi connectivity index (χ4v) is 3.89. The molecule has 2 aromatic carbocycles. The molecule has 0 saturated carbocycles. The number of carbonyl (C=O) groups is 2. The molecule has 2 heterocycles. The first-order valence-corrected chi connectivity index (χ1v) is 9.84. The molecule has 1 aliphatic rings. The monoisotopic (exact) mass is 391 g/mol. The van der Waals surface area contributed by atoms with E-state index in [1.165, 1.54) is 0 Å². The van der Waals surface area contributed by atoms with Gasteiger partial charge in [-0.15, -0.1) is 0 Å². The molecule has 150 valence electrons. The molecule has 2 N–H and O–H groups in total. The number of imidazole rings is 1. The lowest BCUT2D eigenvalue weighted by atomic mass is 10.0. The van der Waals surface area contributed by atoms with Gasteiger partial charge in [-0.1, -0.05) is 42.5 Å². The van der Waals surface area contributed by atoms with Gasteiger partial charge in [0.05, 0.1) is 13.0 Å². The molecule has 29 heavy (non-hydrogen) atoms. The average molecular weight is 391 g/mol. The number of piperazine rings is 1. The second-order valence-corrected chi connectivity index (χ2v) is 7.30. The van der Waals surface area contributed by atoms with Gasteiger partial charge in [0.25, 0.3) is 0 Å². The zero-order chi connectivity index (χ0) is 20.2. The maximum atomic E-state index is 12.8. The molecule has 0 spiro atoms. The Hall–Kier alpha value is -3.19. The second-order valence-electron chi connectivity index (χ2n) is 7.30. The van der Waals surface area contributed by atoms with Gasteiger partial charge < -0.3 is 20.1 Å². The molecule has 2 amide bonds. The molecule has 0 bridgehead atoms. The number of nitrogens with one attached hydrogen (secondary N) is 2. The quantitative estimate of drug-likeness (QED) is 0.689. The Bertz CT molecular complexity index is 1020. The summed E-state index contributed by atoms with van der Waals surface area (Å²) in [7, 11) is 1.92. The number of nitrogens with zero attached hydrogens (tertiary/aromatic N) is 3. The number of rotatable bonds is 5. The molecule has 7 heteroatoms. The maximum Gasteiger partial charge on any atom is 0.242 e. The molecule has 1 atom stereocenters. The van der Waals surface area contributed by atoms with E-state index in [2.05, 4.69) is 15.6 Å². The zero-order valence-corrected chi connectivity index (χ0v) is 16.5. The van der Waals surface area contributed by atoms with Gasteiger partial charge in [-0.2, -0.15) is 0 Å². The van der Waals surface area contributed by atoms with Crippen molar-refractivity contribution in [2.45, 2.75) is 12.5 Å². The molecular formula is C22H25N5O2. The lowest BCUT2D eigenvalue weighted by Gasteiger charge is -2.35. The Morgan fingerprint density at radius 3 is 2.86 bits per heavy atom. The summed E-state index contributed by atoms with van der Waals surface area (Å²) in [6, 6.07) is 13.8. The standard InChI is InChI=1S/C22H25N5O2/c1-26-11-10-24-22(26)19-14-23-9-12-27(19)21(29)15-25-20(28)13-17-7-4-6-16-5-2-3-8-18(16)17/h2-8,10-11,19,23H,9,12-15H2,1H3,(H,25,28). The molecule has 1 fully saturated rings. The first-order valence-electron chi connectivity index (χ1n) is 9.84. The molecule has 4 rings (SSSR count). The number of aryl methyl sites for hydroxylation is 1. The van der Waals surface area contributed by atoms with Gasteiger partial charge >= 0.3 is 0 Å². The normalized spacial score (nSPS) is 16.7. The Kier molecular flexibility index (Phi) is 5.57. The third-order valence-corrected chi connectivity index (χ3v) is 5.39. The minimum Gasteiger partial charge on any atom is -0.347 e. The van der Waals surface area contributed by atoms with E-state index < -0.39 is 0 Å². The van der Waals surface area contributed by atoms with Crippen LogP contribution < -0.4 is 10.6 Å². The summed E-state index contributed by atoms with van der Waals surface area (Å²) in [5.41, 5.74) is 0.959. The van der Waals surface area contributed by atoms with E-state index >= 15 is 0 Å². The van der Waals surface area contributed by atoms with Gasteiger partial charge in [0.2, 0.25) is 11.8 Å². The van der Waals surface area contributed by atoms with Crippen molar-refractivity contribution in [2.75, 3.05) is 26.2 Å². The third-order valence-electron chi connectivity index (χ3n) is 5.39. The lowest BCUT2D eigenvalue weighted by molar-refractivity contribution is -0.135. The smallest absolute Gasteiger partial charge is 0.242 e. The first kappa shape index (κ1) is 19.1. The van der Waals surface area contributed by atoms with Crippen LogP contribution in [0.2, 0.25) is 0 Å². The highest BCUT2D eigenvalue weighted by Crippen LogP contribution is 2.21. The molecule has 1 aliphatic heterocycles. The fourth-order valence-electron chi connectivity index (χ4n) is 3.89. The van der Waals surface area contributed by atoms with Crippen molar-refractivity contribution in [2.24, 2.45) is 7.05 Å². The highest BCUT2D eigenvalue weighted by atomic mass is 16.2. The molecule has 1 unspecified atom stereocenters. The number of hydrogen-bond donors (Lipinski definition) is 2.